The van der Waals surface area contributed by atoms with Gasteiger partial charge in [0.15, 0.2) is 0 Å². The molecule has 1 unspecified atom stereocenters. The first-order valence-corrected chi connectivity index (χ1v) is 9.66. The van der Waals surface area contributed by atoms with Crippen molar-refractivity contribution in [1.29, 1.82) is 0 Å². The van der Waals surface area contributed by atoms with Crippen LogP contribution in [0.15, 0.2) is 53.1 Å². The Morgan fingerprint density at radius 1 is 1.21 bits per heavy atom. The van der Waals surface area contributed by atoms with Gasteiger partial charge in [0.25, 0.3) is 0 Å². The summed E-state index contributed by atoms with van der Waals surface area (Å²) in [4.78, 5) is 6.86. The number of nitrogens with two attached hydrogens (primary N) is 1. The van der Waals surface area contributed by atoms with Crippen molar-refractivity contribution < 1.29 is 8.91 Å². The van der Waals surface area contributed by atoms with Crippen molar-refractivity contribution in [2.75, 3.05) is 19.6 Å². The zero-order chi connectivity index (χ0) is 19.7. The summed E-state index contributed by atoms with van der Waals surface area (Å²) in [7, 11) is 0. The third-order valence-electron chi connectivity index (χ3n) is 5.78. The van der Waals surface area contributed by atoms with Crippen LogP contribution < -0.4 is 5.73 Å². The van der Waals surface area contributed by atoms with Gasteiger partial charge in [-0.25, -0.2) is 4.39 Å². The molecule has 0 amide bonds. The Hall–Kier alpha value is -2.57. The summed E-state index contributed by atoms with van der Waals surface area (Å²) >= 11 is 0. The zero-order valence-electron chi connectivity index (χ0n) is 16.2. The number of aromatic nitrogens is 2. The summed E-state index contributed by atoms with van der Waals surface area (Å²) in [6.45, 7) is 6.21. The van der Waals surface area contributed by atoms with E-state index in [0.717, 1.165) is 13.1 Å². The fraction of sp³-hybridized carbons (Fsp3) is 0.364. The van der Waals surface area contributed by atoms with Crippen LogP contribution in [0, 0.1) is 18.7 Å². The molecule has 5 nitrogen and oxygen atoms in total. The summed E-state index contributed by atoms with van der Waals surface area (Å²) in [5.74, 6) is 1.46. The molecule has 146 valence electrons. The van der Waals surface area contributed by atoms with E-state index in [1.807, 2.05) is 12.1 Å². The van der Waals surface area contributed by atoms with Crippen molar-refractivity contribution in [2.24, 2.45) is 11.7 Å². The van der Waals surface area contributed by atoms with Crippen molar-refractivity contribution in [2.45, 2.75) is 25.8 Å². The van der Waals surface area contributed by atoms with Crippen LogP contribution in [0.25, 0.3) is 11.4 Å². The van der Waals surface area contributed by atoms with E-state index in [1.165, 1.54) is 11.6 Å². The molecule has 4 rings (SSSR count). The molecule has 3 aromatic rings. The van der Waals surface area contributed by atoms with Gasteiger partial charge in [0, 0.05) is 24.6 Å². The maximum atomic E-state index is 13.9. The number of likely N-dealkylation sites (tertiary alicyclic amines) is 1. The minimum Gasteiger partial charge on any atom is -0.337 e. The summed E-state index contributed by atoms with van der Waals surface area (Å²) in [5, 5.41) is 4.06. The maximum absolute atomic E-state index is 13.9. The third kappa shape index (κ3) is 3.57. The molecule has 0 radical (unpaired) electrons. The van der Waals surface area contributed by atoms with Crippen LogP contribution in [0.2, 0.25) is 0 Å². The average Bonchev–Trinajstić information content (AvgIpc) is 3.37. The molecule has 2 N–H and O–H groups in total. The second kappa shape index (κ2) is 7.81. The first kappa shape index (κ1) is 18.8. The molecule has 1 fully saturated rings. The van der Waals surface area contributed by atoms with Crippen molar-refractivity contribution in [3.05, 3.63) is 71.4 Å². The van der Waals surface area contributed by atoms with E-state index < -0.39 is 0 Å². The Kier molecular flexibility index (Phi) is 5.24. The molecule has 1 saturated heterocycles. The highest BCUT2D eigenvalue weighted by Crippen LogP contribution is 2.36. The molecular formula is C22H25FN4O. The van der Waals surface area contributed by atoms with Gasteiger partial charge in [0.05, 0.1) is 6.04 Å². The van der Waals surface area contributed by atoms with Crippen LogP contribution in [-0.2, 0) is 0 Å². The van der Waals surface area contributed by atoms with E-state index in [9.17, 15) is 4.39 Å². The van der Waals surface area contributed by atoms with Crippen molar-refractivity contribution in [3.8, 4) is 11.4 Å². The minimum absolute atomic E-state index is 0.0284. The van der Waals surface area contributed by atoms with Gasteiger partial charge in [-0.1, -0.05) is 47.6 Å². The smallest absolute Gasteiger partial charge is 0.244 e. The van der Waals surface area contributed by atoms with Crippen LogP contribution in [0.5, 0.6) is 0 Å². The van der Waals surface area contributed by atoms with Crippen molar-refractivity contribution in [3.63, 3.8) is 0 Å². The molecule has 0 bridgehead atoms. The lowest BCUT2D eigenvalue weighted by atomic mass is 9.89. The van der Waals surface area contributed by atoms with E-state index >= 15 is 0 Å². The Balaban J connectivity index is 1.53. The van der Waals surface area contributed by atoms with E-state index in [4.69, 9.17) is 10.3 Å². The highest BCUT2D eigenvalue weighted by molar-refractivity contribution is 5.55. The van der Waals surface area contributed by atoms with Gasteiger partial charge in [-0.2, -0.15) is 4.98 Å². The molecule has 3 atom stereocenters. The molecule has 0 saturated carbocycles. The van der Waals surface area contributed by atoms with Crippen LogP contribution in [0.3, 0.4) is 0 Å². The summed E-state index contributed by atoms with van der Waals surface area (Å²) in [5.41, 5.74) is 8.58. The second-order valence-electron chi connectivity index (χ2n) is 7.56. The predicted molar refractivity (Wildman–Crippen MR) is 106 cm³/mol. The van der Waals surface area contributed by atoms with Gasteiger partial charge in [0.1, 0.15) is 5.82 Å². The summed E-state index contributed by atoms with van der Waals surface area (Å²) in [6, 6.07) is 15.4. The van der Waals surface area contributed by atoms with Gasteiger partial charge in [0.2, 0.25) is 11.7 Å². The first-order valence-electron chi connectivity index (χ1n) is 9.66. The molecule has 0 spiro atoms. The topological polar surface area (TPSA) is 68.2 Å². The van der Waals surface area contributed by atoms with Crippen LogP contribution >= 0.6 is 0 Å². The number of hydrogen-bond donors (Lipinski definition) is 1. The summed E-state index contributed by atoms with van der Waals surface area (Å²) < 4.78 is 19.4. The Bertz CT molecular complexity index is 943. The van der Waals surface area contributed by atoms with Gasteiger partial charge in [-0.15, -0.1) is 0 Å². The zero-order valence-corrected chi connectivity index (χ0v) is 16.2. The minimum atomic E-state index is -0.270. The van der Waals surface area contributed by atoms with E-state index in [1.54, 1.807) is 13.0 Å². The number of aryl methyl sites for hydroxylation is 1. The molecule has 1 aliphatic rings. The van der Waals surface area contributed by atoms with E-state index in [2.05, 4.69) is 46.2 Å². The van der Waals surface area contributed by atoms with E-state index in [0.29, 0.717) is 41.2 Å². The number of nitrogens with zero attached hydrogens (tertiary/aromatic N) is 3. The SMILES string of the molecule is Cc1ccc(-c2noc(C(C)N3C[C@@H](CN)[C@H](c4ccccc4)C3)n2)cc1F. The van der Waals surface area contributed by atoms with E-state index in [-0.39, 0.29) is 11.9 Å². The molecule has 1 aliphatic heterocycles. The summed E-state index contributed by atoms with van der Waals surface area (Å²) in [6.07, 6.45) is 0. The molecular weight excluding hydrogens is 355 g/mol. The lowest BCUT2D eigenvalue weighted by Gasteiger charge is -2.21. The highest BCUT2D eigenvalue weighted by atomic mass is 19.1. The van der Waals surface area contributed by atoms with Crippen LogP contribution in [-0.4, -0.2) is 34.7 Å². The Morgan fingerprint density at radius 3 is 2.71 bits per heavy atom. The molecule has 0 aliphatic carbocycles. The van der Waals surface area contributed by atoms with Crippen LogP contribution in [0.4, 0.5) is 4.39 Å². The lowest BCUT2D eigenvalue weighted by Crippen LogP contribution is -2.26. The fourth-order valence-electron chi connectivity index (χ4n) is 3.95. The number of hydrogen-bond acceptors (Lipinski definition) is 5. The molecule has 2 heterocycles. The van der Waals surface area contributed by atoms with Gasteiger partial charge >= 0.3 is 0 Å². The predicted octanol–water partition coefficient (Wildman–Crippen LogP) is 3.92. The first-order chi connectivity index (χ1) is 13.6. The second-order valence-corrected chi connectivity index (χ2v) is 7.56. The van der Waals surface area contributed by atoms with Gasteiger partial charge in [-0.05, 0) is 43.5 Å². The monoisotopic (exact) mass is 380 g/mol. The van der Waals surface area contributed by atoms with Crippen molar-refractivity contribution >= 4 is 0 Å². The van der Waals surface area contributed by atoms with Crippen molar-refractivity contribution in [1.82, 2.24) is 15.0 Å². The number of halogens is 1. The number of rotatable bonds is 5. The largest absolute Gasteiger partial charge is 0.337 e. The van der Waals surface area contributed by atoms with Gasteiger partial charge in [-0.3, -0.25) is 4.90 Å². The maximum Gasteiger partial charge on any atom is 0.244 e. The molecule has 2 aromatic carbocycles. The number of benzene rings is 2. The standard InChI is InChI=1S/C22H25FN4O/c1-14-8-9-17(10-20(14)23)21-25-22(28-26-21)15(2)27-12-18(11-24)19(13-27)16-6-4-3-5-7-16/h3-10,15,18-19H,11-13,24H2,1-2H3/t15?,18-,19+/m1/s1. The molecule has 1 aromatic heterocycles. The average molecular weight is 380 g/mol. The fourth-order valence-corrected chi connectivity index (χ4v) is 3.95. The normalized spacial score (nSPS) is 21.1. The highest BCUT2D eigenvalue weighted by Gasteiger charge is 2.36. The van der Waals surface area contributed by atoms with Crippen LogP contribution in [0.1, 0.15) is 35.9 Å². The third-order valence-corrected chi connectivity index (χ3v) is 5.78. The molecule has 6 heteroatoms. The van der Waals surface area contributed by atoms with Gasteiger partial charge < -0.3 is 10.3 Å². The Labute approximate surface area is 164 Å². The molecule has 28 heavy (non-hydrogen) atoms. The quantitative estimate of drug-likeness (QED) is 0.727. The Morgan fingerprint density at radius 2 is 2.00 bits per heavy atom. The lowest BCUT2D eigenvalue weighted by molar-refractivity contribution is 0.202.